The lowest BCUT2D eigenvalue weighted by Gasteiger charge is -2.36. The molecule has 8 nitrogen and oxygen atoms in total. The molecule has 0 unspecified atom stereocenters. The van der Waals surface area contributed by atoms with Crippen LogP contribution in [0.1, 0.15) is 5.56 Å². The van der Waals surface area contributed by atoms with Crippen LogP contribution in [0, 0.1) is 11.3 Å². The van der Waals surface area contributed by atoms with Crippen molar-refractivity contribution in [3.8, 4) is 6.07 Å². The molecule has 148 valence electrons. The fourth-order valence-corrected chi connectivity index (χ4v) is 3.44. The number of alkyl halides is 2. The number of fused-ring (bicyclic) bond motifs is 1. The predicted molar refractivity (Wildman–Crippen MR) is 103 cm³/mol. The largest absolute Gasteiger partial charge is 0.368 e. The number of hydrogen-bond acceptors (Lipinski definition) is 7. The Balaban J connectivity index is 1.53. The minimum absolute atomic E-state index is 0.314. The minimum Gasteiger partial charge on any atom is -0.368 e. The fraction of sp³-hybridized carbons (Fsp3) is 0.316. The van der Waals surface area contributed by atoms with Crippen molar-refractivity contribution in [3.05, 3.63) is 52.7 Å². The molecule has 1 aliphatic rings. The highest BCUT2D eigenvalue weighted by Gasteiger charge is 2.21. The minimum atomic E-state index is -2.61. The highest BCUT2D eigenvalue weighted by Crippen LogP contribution is 2.23. The first kappa shape index (κ1) is 18.7. The van der Waals surface area contributed by atoms with Gasteiger partial charge in [-0.2, -0.15) is 10.4 Å². The monoisotopic (exact) mass is 397 g/mol. The highest BCUT2D eigenvalue weighted by molar-refractivity contribution is 5.81. The number of piperazine rings is 1. The lowest BCUT2D eigenvalue weighted by Crippen LogP contribution is -2.47. The van der Waals surface area contributed by atoms with Gasteiger partial charge in [0.1, 0.15) is 6.07 Å². The zero-order valence-electron chi connectivity index (χ0n) is 15.4. The van der Waals surface area contributed by atoms with E-state index in [9.17, 15) is 18.8 Å². The van der Waals surface area contributed by atoms with E-state index in [1.165, 1.54) is 6.20 Å². The Kier molecular flexibility index (Phi) is 5.03. The van der Waals surface area contributed by atoms with E-state index in [-0.39, 0.29) is 0 Å². The number of nitrogens with zero attached hydrogens (tertiary/aromatic N) is 7. The van der Waals surface area contributed by atoms with Gasteiger partial charge in [0.25, 0.3) is 12.0 Å². The first-order valence-electron chi connectivity index (χ1n) is 9.06. The van der Waals surface area contributed by atoms with E-state index in [4.69, 9.17) is 0 Å². The second-order valence-corrected chi connectivity index (χ2v) is 6.65. The molecule has 0 aliphatic carbocycles. The van der Waals surface area contributed by atoms with Gasteiger partial charge in [0, 0.05) is 31.9 Å². The van der Waals surface area contributed by atoms with Gasteiger partial charge in [-0.15, -0.1) is 5.10 Å². The molecular weight excluding hydrogens is 380 g/mol. The fourth-order valence-electron chi connectivity index (χ4n) is 3.44. The molecule has 0 bridgehead atoms. The van der Waals surface area contributed by atoms with Crippen molar-refractivity contribution in [1.29, 1.82) is 5.26 Å². The number of benzene rings is 1. The standard InChI is InChI=1S/C19H17F2N7O/c20-17(21)11-28-12-23-16-9-14(1-2-15(16)19(28)29)26-5-7-27(8-6-26)18-13(10-22)3-4-24-25-18/h1-4,9,12,17H,5-8,11H2. The van der Waals surface area contributed by atoms with Gasteiger partial charge in [-0.1, -0.05) is 0 Å². The van der Waals surface area contributed by atoms with Gasteiger partial charge in [0.15, 0.2) is 5.82 Å². The molecule has 2 aromatic heterocycles. The Morgan fingerprint density at radius 1 is 1.14 bits per heavy atom. The summed E-state index contributed by atoms with van der Waals surface area (Å²) in [6.45, 7) is 2.03. The average molecular weight is 397 g/mol. The maximum atomic E-state index is 12.6. The summed E-state index contributed by atoms with van der Waals surface area (Å²) in [5.41, 5.74) is 1.39. The molecule has 1 aliphatic heterocycles. The third-order valence-electron chi connectivity index (χ3n) is 4.91. The van der Waals surface area contributed by atoms with Gasteiger partial charge >= 0.3 is 0 Å². The van der Waals surface area contributed by atoms with Crippen LogP contribution in [0.25, 0.3) is 10.9 Å². The van der Waals surface area contributed by atoms with Crippen LogP contribution in [0.4, 0.5) is 20.3 Å². The van der Waals surface area contributed by atoms with Crippen molar-refractivity contribution in [2.45, 2.75) is 13.0 Å². The number of aromatic nitrogens is 4. The van der Waals surface area contributed by atoms with Crippen LogP contribution in [0.2, 0.25) is 0 Å². The number of halogens is 2. The molecule has 3 aromatic rings. The van der Waals surface area contributed by atoms with E-state index in [1.807, 2.05) is 4.90 Å². The smallest absolute Gasteiger partial charge is 0.261 e. The van der Waals surface area contributed by atoms with Crippen molar-refractivity contribution in [2.75, 3.05) is 36.0 Å². The molecule has 4 rings (SSSR count). The molecule has 10 heteroatoms. The van der Waals surface area contributed by atoms with Gasteiger partial charge in [-0.3, -0.25) is 9.36 Å². The molecule has 0 N–H and O–H groups in total. The van der Waals surface area contributed by atoms with Crippen molar-refractivity contribution < 1.29 is 8.78 Å². The van der Waals surface area contributed by atoms with E-state index >= 15 is 0 Å². The van der Waals surface area contributed by atoms with Crippen LogP contribution >= 0.6 is 0 Å². The lowest BCUT2D eigenvalue weighted by molar-refractivity contribution is 0.125. The highest BCUT2D eigenvalue weighted by atomic mass is 19.3. The maximum absolute atomic E-state index is 12.6. The van der Waals surface area contributed by atoms with Crippen LogP contribution in [-0.4, -0.2) is 52.4 Å². The summed E-state index contributed by atoms with van der Waals surface area (Å²) >= 11 is 0. The Bertz CT molecular complexity index is 1130. The molecule has 29 heavy (non-hydrogen) atoms. The molecule has 1 aromatic carbocycles. The normalized spacial score (nSPS) is 14.4. The van der Waals surface area contributed by atoms with E-state index in [0.29, 0.717) is 48.5 Å². The van der Waals surface area contributed by atoms with E-state index < -0.39 is 18.5 Å². The summed E-state index contributed by atoms with van der Waals surface area (Å²) in [6.07, 6.45) is 0.0458. The van der Waals surface area contributed by atoms with E-state index in [2.05, 4.69) is 26.2 Å². The van der Waals surface area contributed by atoms with E-state index in [0.717, 1.165) is 16.6 Å². The number of hydrogen-bond donors (Lipinski definition) is 0. The average Bonchev–Trinajstić information content (AvgIpc) is 2.75. The second-order valence-electron chi connectivity index (χ2n) is 6.65. The molecule has 1 saturated heterocycles. The number of nitriles is 1. The van der Waals surface area contributed by atoms with E-state index in [1.54, 1.807) is 24.3 Å². The van der Waals surface area contributed by atoms with Gasteiger partial charge in [-0.05, 0) is 24.3 Å². The van der Waals surface area contributed by atoms with Crippen LogP contribution in [0.5, 0.6) is 0 Å². The molecule has 0 saturated carbocycles. The summed E-state index contributed by atoms with van der Waals surface area (Å²) in [5, 5.41) is 17.5. The first-order valence-corrected chi connectivity index (χ1v) is 9.06. The quantitative estimate of drug-likeness (QED) is 0.661. The summed E-state index contributed by atoms with van der Waals surface area (Å²) in [6, 6.07) is 9.00. The van der Waals surface area contributed by atoms with Gasteiger partial charge in [-0.25, -0.2) is 13.8 Å². The number of anilines is 2. The lowest BCUT2D eigenvalue weighted by atomic mass is 10.2. The van der Waals surface area contributed by atoms with Crippen LogP contribution in [0.15, 0.2) is 41.6 Å². The molecular formula is C19H17F2N7O. The summed E-state index contributed by atoms with van der Waals surface area (Å²) in [5.74, 6) is 0.578. The molecule has 0 radical (unpaired) electrons. The number of rotatable bonds is 4. The van der Waals surface area contributed by atoms with Crippen molar-refractivity contribution in [1.82, 2.24) is 19.7 Å². The van der Waals surface area contributed by atoms with Crippen LogP contribution in [0.3, 0.4) is 0 Å². The Hall–Kier alpha value is -3.61. The molecule has 0 spiro atoms. The van der Waals surface area contributed by atoms with Crippen molar-refractivity contribution in [2.24, 2.45) is 0 Å². The molecule has 0 atom stereocenters. The SMILES string of the molecule is N#Cc1ccnnc1N1CCN(c2ccc3c(=O)n(CC(F)F)cnc3c2)CC1. The van der Waals surface area contributed by atoms with Crippen molar-refractivity contribution >= 4 is 22.4 Å². The Morgan fingerprint density at radius 2 is 1.90 bits per heavy atom. The Morgan fingerprint density at radius 3 is 2.62 bits per heavy atom. The summed E-state index contributed by atoms with van der Waals surface area (Å²) in [7, 11) is 0. The zero-order chi connectivity index (χ0) is 20.4. The second kappa shape index (κ2) is 7.79. The first-order chi connectivity index (χ1) is 14.1. The van der Waals surface area contributed by atoms with Crippen molar-refractivity contribution in [3.63, 3.8) is 0 Å². The molecule has 1 fully saturated rings. The van der Waals surface area contributed by atoms with Gasteiger partial charge in [0.2, 0.25) is 0 Å². The molecule has 0 amide bonds. The summed E-state index contributed by atoms with van der Waals surface area (Å²) < 4.78 is 26.1. The van der Waals surface area contributed by atoms with Gasteiger partial charge < -0.3 is 9.80 Å². The van der Waals surface area contributed by atoms with Crippen LogP contribution < -0.4 is 15.4 Å². The molecule has 3 heterocycles. The third kappa shape index (κ3) is 3.71. The van der Waals surface area contributed by atoms with Crippen LogP contribution in [-0.2, 0) is 6.54 Å². The third-order valence-corrected chi connectivity index (χ3v) is 4.91. The Labute approximate surface area is 164 Å². The topological polar surface area (TPSA) is 90.9 Å². The van der Waals surface area contributed by atoms with Gasteiger partial charge in [0.05, 0.1) is 35.5 Å². The summed E-state index contributed by atoms with van der Waals surface area (Å²) in [4.78, 5) is 20.7. The zero-order valence-corrected chi connectivity index (χ0v) is 15.4. The predicted octanol–water partition coefficient (Wildman–Crippen LogP) is 1.65. The maximum Gasteiger partial charge on any atom is 0.261 e.